The molecule has 0 spiro atoms. The van der Waals surface area contributed by atoms with E-state index in [1.807, 2.05) is 0 Å². The Labute approximate surface area is 167 Å². The van der Waals surface area contributed by atoms with Gasteiger partial charge in [0.2, 0.25) is 0 Å². The van der Waals surface area contributed by atoms with Crippen LogP contribution in [0.4, 0.5) is 22.0 Å². The van der Waals surface area contributed by atoms with Gasteiger partial charge in [-0.05, 0) is 53.8 Å². The molecule has 0 N–H and O–H groups in total. The molecule has 152 valence electrons. The molecule has 0 saturated carbocycles. The van der Waals surface area contributed by atoms with E-state index >= 15 is 0 Å². The molecule has 29 heavy (non-hydrogen) atoms. The number of carbonyl (C=O) groups excluding carboxylic acids is 1. The Balaban J connectivity index is 1.62. The number of alkyl halides is 3. The van der Waals surface area contributed by atoms with E-state index in [-0.39, 0.29) is 23.6 Å². The van der Waals surface area contributed by atoms with Crippen LogP contribution in [0.5, 0.6) is 0 Å². The minimum atomic E-state index is -4.78. The van der Waals surface area contributed by atoms with Crippen LogP contribution in [-0.4, -0.2) is 35.8 Å². The minimum absolute atomic E-state index is 0.120. The normalized spacial score (nSPS) is 21.7. The second kappa shape index (κ2) is 7.12. The van der Waals surface area contributed by atoms with E-state index in [2.05, 4.69) is 4.40 Å². The first-order chi connectivity index (χ1) is 13.7. The van der Waals surface area contributed by atoms with Gasteiger partial charge in [-0.1, -0.05) is 12.1 Å². The second-order valence-corrected chi connectivity index (χ2v) is 8.07. The molecule has 1 atom stereocenters. The third kappa shape index (κ3) is 3.52. The van der Waals surface area contributed by atoms with Crippen LogP contribution in [0.3, 0.4) is 0 Å². The van der Waals surface area contributed by atoms with Gasteiger partial charge in [-0.2, -0.15) is 13.2 Å². The lowest BCUT2D eigenvalue weighted by molar-refractivity contribution is -0.159. The summed E-state index contributed by atoms with van der Waals surface area (Å²) in [5.41, 5.74) is 0.519. The third-order valence-electron chi connectivity index (χ3n) is 5.12. The smallest absolute Gasteiger partial charge is 0.339 e. The van der Waals surface area contributed by atoms with Crippen molar-refractivity contribution in [3.05, 3.63) is 70.8 Å². The van der Waals surface area contributed by atoms with Gasteiger partial charge in [0.15, 0.2) is 4.75 Å². The molecule has 3 nitrogen and oxygen atoms in total. The van der Waals surface area contributed by atoms with Gasteiger partial charge in [0.25, 0.3) is 5.91 Å². The number of amides is 1. The molecule has 2 aliphatic heterocycles. The first-order valence-electron chi connectivity index (χ1n) is 8.88. The molecule has 4 rings (SSSR count). The van der Waals surface area contributed by atoms with Crippen molar-refractivity contribution in [1.82, 2.24) is 4.90 Å². The van der Waals surface area contributed by atoms with Crippen LogP contribution in [0.1, 0.15) is 34.3 Å². The van der Waals surface area contributed by atoms with Crippen molar-refractivity contribution in [3.8, 4) is 0 Å². The Morgan fingerprint density at radius 1 is 1.03 bits per heavy atom. The average molecular weight is 426 g/mol. The van der Waals surface area contributed by atoms with Crippen molar-refractivity contribution >= 4 is 23.6 Å². The molecule has 2 aromatic rings. The summed E-state index contributed by atoms with van der Waals surface area (Å²) in [5.74, 6) is -2.27. The number of likely N-dealkylation sites (tertiary alicyclic amines) is 1. The van der Waals surface area contributed by atoms with Gasteiger partial charge in [0, 0.05) is 31.1 Å². The van der Waals surface area contributed by atoms with Crippen molar-refractivity contribution in [2.45, 2.75) is 23.8 Å². The van der Waals surface area contributed by atoms with Crippen molar-refractivity contribution in [3.63, 3.8) is 0 Å². The van der Waals surface area contributed by atoms with Gasteiger partial charge in [-0.25, -0.2) is 13.2 Å². The first-order valence-corrected chi connectivity index (χ1v) is 9.65. The SMILES string of the molecule is O=C(c1ccc(C2=NSC(c3cc(F)cc(F)c3)(C(F)(F)F)C2)cc1)N1CCC1. The second-order valence-electron chi connectivity index (χ2n) is 7.01. The number of benzene rings is 2. The Hall–Kier alpha value is -2.42. The lowest BCUT2D eigenvalue weighted by atomic mass is 9.89. The number of rotatable bonds is 3. The number of halogens is 5. The summed E-state index contributed by atoms with van der Waals surface area (Å²) in [7, 11) is 0. The molecule has 2 heterocycles. The number of hydrogen-bond acceptors (Lipinski definition) is 3. The van der Waals surface area contributed by atoms with E-state index in [1.54, 1.807) is 29.2 Å². The highest BCUT2D eigenvalue weighted by Gasteiger charge is 2.60. The number of hydrogen-bond donors (Lipinski definition) is 0. The van der Waals surface area contributed by atoms with Crippen molar-refractivity contribution in [2.75, 3.05) is 13.1 Å². The third-order valence-corrected chi connectivity index (χ3v) is 6.36. The largest absolute Gasteiger partial charge is 0.409 e. The molecule has 1 fully saturated rings. The van der Waals surface area contributed by atoms with E-state index < -0.39 is 34.5 Å². The van der Waals surface area contributed by atoms with Crippen molar-refractivity contribution < 1.29 is 26.7 Å². The van der Waals surface area contributed by atoms with Gasteiger partial charge in [-0.15, -0.1) is 0 Å². The van der Waals surface area contributed by atoms with Crippen LogP contribution in [-0.2, 0) is 4.75 Å². The fourth-order valence-electron chi connectivity index (χ4n) is 3.35. The predicted molar refractivity (Wildman–Crippen MR) is 99.8 cm³/mol. The van der Waals surface area contributed by atoms with E-state index in [0.29, 0.717) is 42.4 Å². The molecule has 2 aromatic carbocycles. The molecule has 0 aliphatic carbocycles. The van der Waals surface area contributed by atoms with E-state index in [4.69, 9.17) is 0 Å². The van der Waals surface area contributed by atoms with E-state index in [1.165, 1.54) is 0 Å². The standard InChI is InChI=1S/C20H15F5N2OS/c21-15-8-14(9-16(22)10-15)19(20(23,24)25)11-17(26-29-19)12-2-4-13(5-3-12)18(28)27-6-1-7-27/h2-5,8-10H,1,6-7,11H2. The van der Waals surface area contributed by atoms with Crippen LogP contribution < -0.4 is 0 Å². The molecule has 1 amide bonds. The molecule has 0 radical (unpaired) electrons. The van der Waals surface area contributed by atoms with Crippen LogP contribution in [0.25, 0.3) is 0 Å². The average Bonchev–Trinajstić information content (AvgIpc) is 3.06. The van der Waals surface area contributed by atoms with Crippen LogP contribution in [0.2, 0.25) is 0 Å². The quantitative estimate of drug-likeness (QED) is 0.505. The summed E-state index contributed by atoms with van der Waals surface area (Å²) in [6, 6.07) is 8.11. The highest BCUT2D eigenvalue weighted by Crippen LogP contribution is 2.56. The first kappa shape index (κ1) is 19.9. The lowest BCUT2D eigenvalue weighted by Gasteiger charge is -2.31. The van der Waals surface area contributed by atoms with E-state index in [0.717, 1.165) is 6.42 Å². The molecule has 1 saturated heterocycles. The summed E-state index contributed by atoms with van der Waals surface area (Å²) in [4.78, 5) is 13.9. The zero-order chi connectivity index (χ0) is 20.8. The molecule has 0 aromatic heterocycles. The topological polar surface area (TPSA) is 32.7 Å². The zero-order valence-electron chi connectivity index (χ0n) is 15.0. The van der Waals surface area contributed by atoms with Gasteiger partial charge in [0.05, 0.1) is 5.71 Å². The molecular formula is C20H15F5N2OS. The molecule has 1 unspecified atom stereocenters. The maximum atomic E-state index is 14.0. The van der Waals surface area contributed by atoms with Crippen molar-refractivity contribution in [1.29, 1.82) is 0 Å². The predicted octanol–water partition coefficient (Wildman–Crippen LogP) is 5.11. The highest BCUT2D eigenvalue weighted by molar-refractivity contribution is 7.99. The lowest BCUT2D eigenvalue weighted by Crippen LogP contribution is -2.42. The summed E-state index contributed by atoms with van der Waals surface area (Å²) < 4.78 is 70.5. The molecule has 9 heteroatoms. The van der Waals surface area contributed by atoms with Gasteiger partial charge in [0.1, 0.15) is 11.6 Å². The number of nitrogens with zero attached hydrogens (tertiary/aromatic N) is 2. The van der Waals surface area contributed by atoms with Crippen molar-refractivity contribution in [2.24, 2.45) is 4.40 Å². The van der Waals surface area contributed by atoms with Crippen LogP contribution in [0, 0.1) is 11.6 Å². The Morgan fingerprint density at radius 2 is 1.66 bits per heavy atom. The van der Waals surface area contributed by atoms with Gasteiger partial charge >= 0.3 is 6.18 Å². The molecule has 0 bridgehead atoms. The summed E-state index contributed by atoms with van der Waals surface area (Å²) in [5, 5.41) is 0. The maximum Gasteiger partial charge on any atom is 0.409 e. The molecular weight excluding hydrogens is 411 g/mol. The fourth-order valence-corrected chi connectivity index (χ4v) is 4.32. The Kier molecular flexibility index (Phi) is 4.88. The Bertz CT molecular complexity index is 965. The van der Waals surface area contributed by atoms with Gasteiger partial charge in [-0.3, -0.25) is 4.79 Å². The van der Waals surface area contributed by atoms with Gasteiger partial charge < -0.3 is 4.90 Å². The summed E-state index contributed by atoms with van der Waals surface area (Å²) in [6.07, 6.45) is -4.39. The fraction of sp³-hybridized carbons (Fsp3) is 0.300. The number of carbonyl (C=O) groups is 1. The van der Waals surface area contributed by atoms with Crippen LogP contribution >= 0.6 is 11.9 Å². The monoisotopic (exact) mass is 426 g/mol. The highest BCUT2D eigenvalue weighted by atomic mass is 32.2. The molecule has 2 aliphatic rings. The minimum Gasteiger partial charge on any atom is -0.339 e. The maximum absolute atomic E-state index is 14.0. The summed E-state index contributed by atoms with van der Waals surface area (Å²) in [6.45, 7) is 1.39. The Morgan fingerprint density at radius 3 is 2.17 bits per heavy atom. The zero-order valence-corrected chi connectivity index (χ0v) is 15.8. The van der Waals surface area contributed by atoms with Crippen LogP contribution in [0.15, 0.2) is 46.9 Å². The van der Waals surface area contributed by atoms with E-state index in [9.17, 15) is 26.7 Å². The summed E-state index contributed by atoms with van der Waals surface area (Å²) >= 11 is 0.253.